The molecule has 0 spiro atoms. The van der Waals surface area contributed by atoms with Crippen molar-refractivity contribution in [2.24, 2.45) is 11.7 Å². The summed E-state index contributed by atoms with van der Waals surface area (Å²) < 4.78 is 25.8. The maximum Gasteiger partial charge on any atom is 0.223 e. The molecular weight excluding hydrogens is 262 g/mol. The molecule has 0 saturated heterocycles. The van der Waals surface area contributed by atoms with E-state index >= 15 is 0 Å². The predicted octanol–water partition coefficient (Wildman–Crippen LogP) is 2.73. The number of benzene rings is 1. The van der Waals surface area contributed by atoms with E-state index in [-0.39, 0.29) is 24.4 Å². The summed E-state index contributed by atoms with van der Waals surface area (Å²) in [4.78, 5) is 11.8. The molecule has 0 bridgehead atoms. The standard InChI is InChI=1S/C15H22F2N2O/c1-10(4-3-5-11(2)18)15(20)19-9-12-6-7-13(16)14(17)8-12/h6-8,10-11H,3-5,9,18H2,1-2H3,(H,19,20). The van der Waals surface area contributed by atoms with Gasteiger partial charge in [-0.05, 0) is 37.5 Å². The van der Waals surface area contributed by atoms with Crippen molar-refractivity contribution in [3.63, 3.8) is 0 Å². The molecule has 2 atom stereocenters. The topological polar surface area (TPSA) is 55.1 Å². The molecule has 1 rings (SSSR count). The Morgan fingerprint density at radius 2 is 1.95 bits per heavy atom. The van der Waals surface area contributed by atoms with Crippen molar-refractivity contribution in [1.82, 2.24) is 5.32 Å². The van der Waals surface area contributed by atoms with Crippen LogP contribution < -0.4 is 11.1 Å². The first-order chi connectivity index (χ1) is 9.40. The van der Waals surface area contributed by atoms with Crippen LogP contribution in [0.2, 0.25) is 0 Å². The quantitative estimate of drug-likeness (QED) is 0.809. The van der Waals surface area contributed by atoms with Gasteiger partial charge in [0.05, 0.1) is 0 Å². The van der Waals surface area contributed by atoms with Gasteiger partial charge in [-0.1, -0.05) is 19.4 Å². The summed E-state index contributed by atoms with van der Waals surface area (Å²) in [5, 5.41) is 2.72. The number of nitrogens with two attached hydrogens (primary N) is 1. The zero-order valence-electron chi connectivity index (χ0n) is 12.0. The van der Waals surface area contributed by atoms with Crippen LogP contribution in [-0.2, 0) is 11.3 Å². The van der Waals surface area contributed by atoms with Crippen molar-refractivity contribution < 1.29 is 13.6 Å². The summed E-state index contributed by atoms with van der Waals surface area (Å²) >= 11 is 0. The lowest BCUT2D eigenvalue weighted by Crippen LogP contribution is -2.29. The van der Waals surface area contributed by atoms with E-state index in [2.05, 4.69) is 5.32 Å². The predicted molar refractivity (Wildman–Crippen MR) is 74.9 cm³/mol. The van der Waals surface area contributed by atoms with Crippen LogP contribution in [0, 0.1) is 17.6 Å². The first-order valence-electron chi connectivity index (χ1n) is 6.87. The fraction of sp³-hybridized carbons (Fsp3) is 0.533. The molecule has 0 radical (unpaired) electrons. The number of hydrogen-bond donors (Lipinski definition) is 2. The molecular formula is C15H22F2N2O. The van der Waals surface area contributed by atoms with Gasteiger partial charge in [-0.15, -0.1) is 0 Å². The van der Waals surface area contributed by atoms with Crippen molar-refractivity contribution in [2.75, 3.05) is 0 Å². The average molecular weight is 284 g/mol. The zero-order valence-corrected chi connectivity index (χ0v) is 12.0. The average Bonchev–Trinajstić information content (AvgIpc) is 2.39. The summed E-state index contributed by atoms with van der Waals surface area (Å²) in [5.74, 6) is -1.98. The van der Waals surface area contributed by atoms with Crippen LogP contribution in [-0.4, -0.2) is 11.9 Å². The normalized spacial score (nSPS) is 13.8. The third-order valence-electron chi connectivity index (χ3n) is 3.19. The molecule has 5 heteroatoms. The van der Waals surface area contributed by atoms with Crippen molar-refractivity contribution in [1.29, 1.82) is 0 Å². The molecule has 20 heavy (non-hydrogen) atoms. The van der Waals surface area contributed by atoms with Gasteiger partial charge in [-0.25, -0.2) is 8.78 Å². The lowest BCUT2D eigenvalue weighted by atomic mass is 10.0. The Labute approximate surface area is 118 Å². The highest BCUT2D eigenvalue weighted by molar-refractivity contribution is 5.78. The SMILES string of the molecule is CC(N)CCCC(C)C(=O)NCc1ccc(F)c(F)c1. The number of halogens is 2. The van der Waals surface area contributed by atoms with E-state index in [0.717, 1.165) is 31.4 Å². The number of carbonyl (C=O) groups excluding carboxylic acids is 1. The number of rotatable bonds is 7. The van der Waals surface area contributed by atoms with E-state index in [1.807, 2.05) is 13.8 Å². The van der Waals surface area contributed by atoms with E-state index in [4.69, 9.17) is 5.73 Å². The molecule has 0 aliphatic heterocycles. The highest BCUT2D eigenvalue weighted by Gasteiger charge is 2.12. The molecule has 0 aliphatic rings. The summed E-state index contributed by atoms with van der Waals surface area (Å²) in [6.07, 6.45) is 2.56. The van der Waals surface area contributed by atoms with Crippen LogP contribution >= 0.6 is 0 Å². The van der Waals surface area contributed by atoms with Gasteiger partial charge in [0, 0.05) is 18.5 Å². The molecule has 1 aromatic rings. The van der Waals surface area contributed by atoms with Crippen molar-refractivity contribution in [3.8, 4) is 0 Å². The lowest BCUT2D eigenvalue weighted by Gasteiger charge is -2.13. The molecule has 3 N–H and O–H groups in total. The first kappa shape index (κ1) is 16.6. The maximum atomic E-state index is 13.0. The Kier molecular flexibility index (Phi) is 6.58. The minimum atomic E-state index is -0.901. The van der Waals surface area contributed by atoms with E-state index in [1.165, 1.54) is 6.07 Å². The van der Waals surface area contributed by atoms with E-state index < -0.39 is 11.6 Å². The molecule has 112 valence electrons. The molecule has 0 aromatic heterocycles. The summed E-state index contributed by atoms with van der Waals surface area (Å²) in [5.41, 5.74) is 6.19. The van der Waals surface area contributed by atoms with Crippen LogP contribution in [0.15, 0.2) is 18.2 Å². The number of carbonyl (C=O) groups is 1. The molecule has 0 aliphatic carbocycles. The molecule has 1 amide bonds. The minimum Gasteiger partial charge on any atom is -0.352 e. The smallest absolute Gasteiger partial charge is 0.223 e. The van der Waals surface area contributed by atoms with E-state index in [9.17, 15) is 13.6 Å². The third kappa shape index (κ3) is 5.65. The van der Waals surface area contributed by atoms with Gasteiger partial charge in [-0.2, -0.15) is 0 Å². The number of amides is 1. The van der Waals surface area contributed by atoms with Gasteiger partial charge in [0.25, 0.3) is 0 Å². The van der Waals surface area contributed by atoms with Crippen LogP contribution in [0.25, 0.3) is 0 Å². The second kappa shape index (κ2) is 7.94. The Bertz CT molecular complexity index is 449. The van der Waals surface area contributed by atoms with E-state index in [0.29, 0.717) is 5.56 Å². The van der Waals surface area contributed by atoms with Crippen molar-refractivity contribution >= 4 is 5.91 Å². The van der Waals surface area contributed by atoms with Gasteiger partial charge < -0.3 is 11.1 Å². The Balaban J connectivity index is 2.36. The van der Waals surface area contributed by atoms with Gasteiger partial charge in [0.2, 0.25) is 5.91 Å². The molecule has 0 fully saturated rings. The van der Waals surface area contributed by atoms with Gasteiger partial charge in [0.15, 0.2) is 11.6 Å². The van der Waals surface area contributed by atoms with Gasteiger partial charge in [0.1, 0.15) is 0 Å². The highest BCUT2D eigenvalue weighted by atomic mass is 19.2. The molecule has 1 aromatic carbocycles. The van der Waals surface area contributed by atoms with Gasteiger partial charge in [-0.3, -0.25) is 4.79 Å². The Hall–Kier alpha value is -1.49. The highest BCUT2D eigenvalue weighted by Crippen LogP contribution is 2.11. The second-order valence-electron chi connectivity index (χ2n) is 5.28. The third-order valence-corrected chi connectivity index (χ3v) is 3.19. The fourth-order valence-electron chi connectivity index (χ4n) is 1.89. The summed E-state index contributed by atoms with van der Waals surface area (Å²) in [7, 11) is 0. The summed E-state index contributed by atoms with van der Waals surface area (Å²) in [6.45, 7) is 3.99. The van der Waals surface area contributed by atoms with Crippen LogP contribution in [0.5, 0.6) is 0 Å². The zero-order chi connectivity index (χ0) is 15.1. The maximum absolute atomic E-state index is 13.0. The monoisotopic (exact) mass is 284 g/mol. The second-order valence-corrected chi connectivity index (χ2v) is 5.28. The first-order valence-corrected chi connectivity index (χ1v) is 6.87. The van der Waals surface area contributed by atoms with Crippen LogP contribution in [0.3, 0.4) is 0 Å². The van der Waals surface area contributed by atoms with Crippen LogP contribution in [0.4, 0.5) is 8.78 Å². The Morgan fingerprint density at radius 3 is 2.55 bits per heavy atom. The summed E-state index contributed by atoms with van der Waals surface area (Å²) in [6, 6.07) is 3.76. The number of hydrogen-bond acceptors (Lipinski definition) is 2. The molecule has 0 saturated carbocycles. The van der Waals surface area contributed by atoms with E-state index in [1.54, 1.807) is 0 Å². The minimum absolute atomic E-state index is 0.0839. The largest absolute Gasteiger partial charge is 0.352 e. The van der Waals surface area contributed by atoms with Gasteiger partial charge >= 0.3 is 0 Å². The molecule has 2 unspecified atom stereocenters. The fourth-order valence-corrected chi connectivity index (χ4v) is 1.89. The lowest BCUT2D eigenvalue weighted by molar-refractivity contribution is -0.124. The Morgan fingerprint density at radius 1 is 1.25 bits per heavy atom. The van der Waals surface area contributed by atoms with Crippen molar-refractivity contribution in [2.45, 2.75) is 45.7 Å². The molecule has 0 heterocycles. The van der Waals surface area contributed by atoms with Crippen molar-refractivity contribution in [3.05, 3.63) is 35.4 Å². The molecule has 3 nitrogen and oxygen atoms in total. The van der Waals surface area contributed by atoms with Crippen LogP contribution in [0.1, 0.15) is 38.7 Å². The number of nitrogens with one attached hydrogen (secondary N) is 1.